The van der Waals surface area contributed by atoms with Gasteiger partial charge in [0.2, 0.25) is 0 Å². The van der Waals surface area contributed by atoms with Gasteiger partial charge in [-0.25, -0.2) is 0 Å². The highest BCUT2D eigenvalue weighted by Crippen LogP contribution is 2.27. The van der Waals surface area contributed by atoms with Crippen LogP contribution in [0.4, 0.5) is 0 Å². The third-order valence-corrected chi connectivity index (χ3v) is 4.07. The third kappa shape index (κ3) is 2.81. The smallest absolute Gasteiger partial charge is 0.138 e. The minimum absolute atomic E-state index is 0.118. The molecule has 0 N–H and O–H groups in total. The summed E-state index contributed by atoms with van der Waals surface area (Å²) in [6.45, 7) is 3.43. The maximum Gasteiger partial charge on any atom is 0.138 e. The van der Waals surface area contributed by atoms with Crippen LogP contribution in [0, 0.1) is 5.92 Å². The molecule has 0 bridgehead atoms. The van der Waals surface area contributed by atoms with E-state index in [1.165, 1.54) is 11.1 Å². The van der Waals surface area contributed by atoms with Crippen molar-refractivity contribution in [2.24, 2.45) is 5.92 Å². The summed E-state index contributed by atoms with van der Waals surface area (Å²) in [7, 11) is 0. The van der Waals surface area contributed by atoms with Gasteiger partial charge in [0.25, 0.3) is 0 Å². The predicted molar refractivity (Wildman–Crippen MR) is 72.5 cm³/mol. The number of ketones is 1. The molecular weight excluding hydrogens is 240 g/mol. The Labute approximate surface area is 113 Å². The number of Topliss-reactive ketones (excluding diaryl/α,β-unsaturated/α-hetero) is 1. The maximum atomic E-state index is 12.1. The van der Waals surface area contributed by atoms with E-state index < -0.39 is 0 Å². The van der Waals surface area contributed by atoms with Crippen LogP contribution in [0.5, 0.6) is 5.75 Å². The summed E-state index contributed by atoms with van der Waals surface area (Å²) in [6, 6.07) is 6.29. The highest BCUT2D eigenvalue weighted by Gasteiger charge is 2.27. The number of carbonyl (C=O) groups is 1. The average molecular weight is 260 g/mol. The molecule has 0 aliphatic carbocycles. The Morgan fingerprint density at radius 1 is 1.42 bits per heavy atom. The molecule has 0 spiro atoms. The Balaban J connectivity index is 1.56. The van der Waals surface area contributed by atoms with Crippen LogP contribution in [0.1, 0.15) is 30.9 Å². The normalized spacial score (nSPS) is 25.1. The van der Waals surface area contributed by atoms with E-state index in [1.807, 2.05) is 13.0 Å². The Hall–Kier alpha value is -1.35. The van der Waals surface area contributed by atoms with Crippen molar-refractivity contribution in [1.82, 2.24) is 0 Å². The fourth-order valence-electron chi connectivity index (χ4n) is 2.91. The first-order valence-corrected chi connectivity index (χ1v) is 7.11. The lowest BCUT2D eigenvalue weighted by atomic mass is 9.95. The van der Waals surface area contributed by atoms with Crippen LogP contribution in [0.25, 0.3) is 0 Å². The largest absolute Gasteiger partial charge is 0.493 e. The summed E-state index contributed by atoms with van der Waals surface area (Å²) in [6.07, 6.45) is 3.57. The van der Waals surface area contributed by atoms with Gasteiger partial charge in [-0.1, -0.05) is 12.1 Å². The number of hydrogen-bond donors (Lipinski definition) is 0. The van der Waals surface area contributed by atoms with E-state index in [9.17, 15) is 4.79 Å². The van der Waals surface area contributed by atoms with Gasteiger partial charge in [-0.15, -0.1) is 0 Å². The van der Waals surface area contributed by atoms with Crippen LogP contribution in [-0.2, 0) is 22.4 Å². The Morgan fingerprint density at radius 2 is 2.32 bits per heavy atom. The molecule has 1 saturated heterocycles. The molecule has 2 heterocycles. The molecular formula is C16H20O3. The van der Waals surface area contributed by atoms with Crippen molar-refractivity contribution in [3.8, 4) is 5.75 Å². The summed E-state index contributed by atoms with van der Waals surface area (Å²) < 4.78 is 11.0. The van der Waals surface area contributed by atoms with Crippen LogP contribution in [0.15, 0.2) is 18.2 Å². The number of rotatable bonds is 4. The minimum Gasteiger partial charge on any atom is -0.493 e. The molecule has 2 unspecified atom stereocenters. The number of hydrogen-bond acceptors (Lipinski definition) is 3. The van der Waals surface area contributed by atoms with Crippen molar-refractivity contribution < 1.29 is 14.3 Å². The highest BCUT2D eigenvalue weighted by atomic mass is 16.5. The van der Waals surface area contributed by atoms with Crippen LogP contribution in [0.2, 0.25) is 0 Å². The molecule has 0 aromatic heterocycles. The SMILES string of the molecule is CC1CC(C(=O)CCc2ccc3c(c2)CCO3)CO1. The zero-order valence-electron chi connectivity index (χ0n) is 11.4. The van der Waals surface area contributed by atoms with E-state index in [0.29, 0.717) is 18.8 Å². The summed E-state index contributed by atoms with van der Waals surface area (Å²) >= 11 is 0. The first kappa shape index (κ1) is 12.7. The first-order valence-electron chi connectivity index (χ1n) is 7.11. The monoisotopic (exact) mass is 260 g/mol. The summed E-state index contributed by atoms with van der Waals surface area (Å²) in [5.74, 6) is 1.47. The van der Waals surface area contributed by atoms with E-state index >= 15 is 0 Å². The lowest BCUT2D eigenvalue weighted by molar-refractivity contribution is -0.122. The maximum absolute atomic E-state index is 12.1. The lowest BCUT2D eigenvalue weighted by Crippen LogP contribution is -2.15. The van der Waals surface area contributed by atoms with Crippen molar-refractivity contribution in [2.45, 2.75) is 38.7 Å². The lowest BCUT2D eigenvalue weighted by Gasteiger charge is -2.07. The Kier molecular flexibility index (Phi) is 3.56. The molecule has 2 aliphatic heterocycles. The van der Waals surface area contributed by atoms with Crippen molar-refractivity contribution in [2.75, 3.05) is 13.2 Å². The fraction of sp³-hybridized carbons (Fsp3) is 0.562. The fourth-order valence-corrected chi connectivity index (χ4v) is 2.91. The van der Waals surface area contributed by atoms with Gasteiger partial charge in [0.15, 0.2) is 0 Å². The second-order valence-electron chi connectivity index (χ2n) is 5.58. The number of aryl methyl sites for hydroxylation is 1. The summed E-state index contributed by atoms with van der Waals surface area (Å²) in [5, 5.41) is 0. The molecule has 19 heavy (non-hydrogen) atoms. The van der Waals surface area contributed by atoms with Gasteiger partial charge in [0.05, 0.1) is 19.3 Å². The van der Waals surface area contributed by atoms with Gasteiger partial charge < -0.3 is 9.47 Å². The predicted octanol–water partition coefficient (Wildman–Crippen LogP) is 2.55. The van der Waals surface area contributed by atoms with E-state index in [-0.39, 0.29) is 12.0 Å². The van der Waals surface area contributed by atoms with Crippen molar-refractivity contribution in [1.29, 1.82) is 0 Å². The Bertz CT molecular complexity index is 481. The van der Waals surface area contributed by atoms with Gasteiger partial charge in [-0.05, 0) is 37.0 Å². The van der Waals surface area contributed by atoms with Gasteiger partial charge in [0.1, 0.15) is 11.5 Å². The van der Waals surface area contributed by atoms with Gasteiger partial charge in [-0.3, -0.25) is 4.79 Å². The molecule has 1 aromatic carbocycles. The highest BCUT2D eigenvalue weighted by molar-refractivity contribution is 5.81. The molecule has 1 aromatic rings. The van der Waals surface area contributed by atoms with Crippen LogP contribution in [-0.4, -0.2) is 25.1 Å². The van der Waals surface area contributed by atoms with Crippen LogP contribution in [0.3, 0.4) is 0 Å². The second-order valence-corrected chi connectivity index (χ2v) is 5.58. The molecule has 3 rings (SSSR count). The van der Waals surface area contributed by atoms with Gasteiger partial charge >= 0.3 is 0 Å². The molecule has 1 fully saturated rings. The molecule has 0 radical (unpaired) electrons. The first-order chi connectivity index (χ1) is 9.22. The van der Waals surface area contributed by atoms with Crippen molar-refractivity contribution >= 4 is 5.78 Å². The van der Waals surface area contributed by atoms with Crippen molar-refractivity contribution in [3.05, 3.63) is 29.3 Å². The molecule has 3 heteroatoms. The summed E-state index contributed by atoms with van der Waals surface area (Å²) in [5.41, 5.74) is 2.52. The molecule has 2 atom stereocenters. The Morgan fingerprint density at radius 3 is 3.11 bits per heavy atom. The second kappa shape index (κ2) is 5.33. The number of carbonyl (C=O) groups excluding carboxylic acids is 1. The zero-order chi connectivity index (χ0) is 13.2. The van der Waals surface area contributed by atoms with Gasteiger partial charge in [0, 0.05) is 18.8 Å². The quantitative estimate of drug-likeness (QED) is 0.834. The van der Waals surface area contributed by atoms with Crippen LogP contribution >= 0.6 is 0 Å². The number of ether oxygens (including phenoxy) is 2. The number of fused-ring (bicyclic) bond motifs is 1. The van der Waals surface area contributed by atoms with E-state index in [0.717, 1.165) is 31.6 Å². The average Bonchev–Trinajstić information content (AvgIpc) is 3.03. The molecule has 3 nitrogen and oxygen atoms in total. The minimum atomic E-state index is 0.118. The van der Waals surface area contributed by atoms with E-state index in [1.54, 1.807) is 0 Å². The molecule has 0 saturated carbocycles. The number of benzene rings is 1. The molecule has 102 valence electrons. The topological polar surface area (TPSA) is 35.5 Å². The van der Waals surface area contributed by atoms with E-state index in [4.69, 9.17) is 9.47 Å². The molecule has 0 amide bonds. The van der Waals surface area contributed by atoms with Gasteiger partial charge in [-0.2, -0.15) is 0 Å². The van der Waals surface area contributed by atoms with Crippen LogP contribution < -0.4 is 4.74 Å². The zero-order valence-corrected chi connectivity index (χ0v) is 11.4. The standard InChI is InChI=1S/C16H20O3/c1-11-8-14(10-19-11)15(17)4-2-12-3-5-16-13(9-12)6-7-18-16/h3,5,9,11,14H,2,4,6-8,10H2,1H3. The third-order valence-electron chi connectivity index (χ3n) is 4.07. The summed E-state index contributed by atoms with van der Waals surface area (Å²) in [4.78, 5) is 12.1. The van der Waals surface area contributed by atoms with E-state index in [2.05, 4.69) is 12.1 Å². The van der Waals surface area contributed by atoms with Crippen molar-refractivity contribution in [3.63, 3.8) is 0 Å². The molecule has 2 aliphatic rings.